The van der Waals surface area contributed by atoms with E-state index in [4.69, 9.17) is 0 Å². The van der Waals surface area contributed by atoms with Gasteiger partial charge in [0, 0.05) is 42.2 Å². The van der Waals surface area contributed by atoms with Crippen LogP contribution in [0.1, 0.15) is 29.1 Å². The van der Waals surface area contributed by atoms with Crippen molar-refractivity contribution in [3.05, 3.63) is 52.2 Å². The van der Waals surface area contributed by atoms with Crippen molar-refractivity contribution in [2.45, 2.75) is 37.4 Å². The molecule has 1 aromatic carbocycles. The lowest BCUT2D eigenvalue weighted by atomic mass is 10.1. The molecule has 2 heterocycles. The highest BCUT2D eigenvalue weighted by Gasteiger charge is 2.28. The third kappa shape index (κ3) is 5.08. The zero-order chi connectivity index (χ0) is 18.7. The van der Waals surface area contributed by atoms with Crippen LogP contribution in [0.5, 0.6) is 0 Å². The summed E-state index contributed by atoms with van der Waals surface area (Å²) < 4.78 is 27.4. The molecule has 3 rings (SSSR count). The first kappa shape index (κ1) is 21.8. The van der Waals surface area contributed by atoms with Gasteiger partial charge in [0.15, 0.2) is 0 Å². The van der Waals surface area contributed by atoms with Crippen molar-refractivity contribution in [2.24, 2.45) is 0 Å². The molecule has 148 valence electrons. The van der Waals surface area contributed by atoms with E-state index in [1.165, 1.54) is 23.5 Å². The van der Waals surface area contributed by atoms with E-state index >= 15 is 0 Å². The molecule has 2 N–H and O–H groups in total. The second kappa shape index (κ2) is 9.16. The van der Waals surface area contributed by atoms with Crippen molar-refractivity contribution in [1.29, 1.82) is 0 Å². The van der Waals surface area contributed by atoms with Crippen LogP contribution >= 0.6 is 23.7 Å². The fourth-order valence-corrected chi connectivity index (χ4v) is 4.69. The van der Waals surface area contributed by atoms with Crippen molar-refractivity contribution < 1.29 is 13.2 Å². The maximum atomic E-state index is 12.7. The SMILES string of the molecule is CC1NCCN(C(=O)c2ccc(S(=O)(=O)NCc3cccs3)cc2)C1C.Cl. The van der Waals surface area contributed by atoms with E-state index in [0.717, 1.165) is 11.4 Å². The summed E-state index contributed by atoms with van der Waals surface area (Å²) in [5, 5.41) is 5.25. The number of rotatable bonds is 5. The molecular weight excluding hydrogens is 406 g/mol. The predicted octanol–water partition coefficient (Wildman–Crippen LogP) is 2.47. The minimum atomic E-state index is -3.60. The number of carbonyl (C=O) groups excluding carboxylic acids is 1. The van der Waals surface area contributed by atoms with E-state index in [0.29, 0.717) is 12.1 Å². The fourth-order valence-electron chi connectivity index (χ4n) is 2.95. The molecule has 1 aliphatic rings. The molecule has 0 saturated carbocycles. The van der Waals surface area contributed by atoms with Crippen LogP contribution in [0.15, 0.2) is 46.7 Å². The summed E-state index contributed by atoms with van der Waals surface area (Å²) in [6.45, 7) is 5.74. The number of nitrogens with zero attached hydrogens (tertiary/aromatic N) is 1. The van der Waals surface area contributed by atoms with Gasteiger partial charge in [0.2, 0.25) is 10.0 Å². The second-order valence-electron chi connectivity index (χ2n) is 6.41. The summed E-state index contributed by atoms with van der Waals surface area (Å²) >= 11 is 1.50. The molecule has 9 heteroatoms. The van der Waals surface area contributed by atoms with Gasteiger partial charge in [-0.25, -0.2) is 13.1 Å². The number of hydrogen-bond acceptors (Lipinski definition) is 5. The summed E-state index contributed by atoms with van der Waals surface area (Å²) in [4.78, 5) is 15.7. The first-order valence-corrected chi connectivity index (χ1v) is 10.9. The first-order valence-electron chi connectivity index (χ1n) is 8.55. The number of benzene rings is 1. The molecule has 2 aromatic rings. The van der Waals surface area contributed by atoms with E-state index in [9.17, 15) is 13.2 Å². The Morgan fingerprint density at radius 2 is 1.96 bits per heavy atom. The Morgan fingerprint density at radius 3 is 2.59 bits per heavy atom. The molecule has 0 aliphatic carbocycles. The molecule has 2 atom stereocenters. The molecule has 1 amide bonds. The van der Waals surface area contributed by atoms with Gasteiger partial charge in [-0.1, -0.05) is 6.07 Å². The van der Waals surface area contributed by atoms with Crippen molar-refractivity contribution >= 4 is 39.7 Å². The van der Waals surface area contributed by atoms with Crippen molar-refractivity contribution in [2.75, 3.05) is 13.1 Å². The number of hydrogen-bond donors (Lipinski definition) is 2. The first-order chi connectivity index (χ1) is 12.4. The molecule has 1 aromatic heterocycles. The molecule has 1 fully saturated rings. The highest BCUT2D eigenvalue weighted by Crippen LogP contribution is 2.17. The number of carbonyl (C=O) groups is 1. The monoisotopic (exact) mass is 429 g/mol. The number of sulfonamides is 1. The number of amides is 1. The molecule has 0 bridgehead atoms. The average molecular weight is 430 g/mol. The quantitative estimate of drug-likeness (QED) is 0.765. The summed E-state index contributed by atoms with van der Waals surface area (Å²) in [5.74, 6) is -0.0682. The van der Waals surface area contributed by atoms with Gasteiger partial charge in [-0.2, -0.15) is 0 Å². The maximum Gasteiger partial charge on any atom is 0.254 e. The van der Waals surface area contributed by atoms with Gasteiger partial charge in [0.1, 0.15) is 0 Å². The van der Waals surface area contributed by atoms with Crippen LogP contribution in [-0.4, -0.2) is 44.4 Å². The highest BCUT2D eigenvalue weighted by molar-refractivity contribution is 7.89. The Kier molecular flexibility index (Phi) is 7.41. The summed E-state index contributed by atoms with van der Waals surface area (Å²) in [6, 6.07) is 10.2. The average Bonchev–Trinajstić information content (AvgIpc) is 3.16. The van der Waals surface area contributed by atoms with Gasteiger partial charge in [-0.3, -0.25) is 4.79 Å². The third-order valence-electron chi connectivity index (χ3n) is 4.72. The molecule has 6 nitrogen and oxygen atoms in total. The van der Waals surface area contributed by atoms with Gasteiger partial charge < -0.3 is 10.2 Å². The number of piperazine rings is 1. The van der Waals surface area contributed by atoms with Crippen LogP contribution in [-0.2, 0) is 16.6 Å². The molecule has 0 radical (unpaired) electrons. The minimum Gasteiger partial charge on any atom is -0.333 e. The van der Waals surface area contributed by atoms with Gasteiger partial charge in [0.05, 0.1) is 4.90 Å². The lowest BCUT2D eigenvalue weighted by Gasteiger charge is -2.38. The summed E-state index contributed by atoms with van der Waals surface area (Å²) in [7, 11) is -3.60. The van der Waals surface area contributed by atoms with Gasteiger partial charge in [0.25, 0.3) is 5.91 Å². The largest absolute Gasteiger partial charge is 0.333 e. The normalized spacial score (nSPS) is 20.1. The van der Waals surface area contributed by atoms with Crippen LogP contribution in [0, 0.1) is 0 Å². The van der Waals surface area contributed by atoms with E-state index in [1.807, 2.05) is 29.3 Å². The Morgan fingerprint density at radius 1 is 1.26 bits per heavy atom. The lowest BCUT2D eigenvalue weighted by molar-refractivity contribution is 0.0603. The van der Waals surface area contributed by atoms with Crippen LogP contribution in [0.3, 0.4) is 0 Å². The van der Waals surface area contributed by atoms with Crippen LogP contribution in [0.25, 0.3) is 0 Å². The Labute approximate surface area is 170 Å². The Bertz CT molecular complexity index is 854. The van der Waals surface area contributed by atoms with E-state index < -0.39 is 10.0 Å². The minimum absolute atomic E-state index is 0. The molecule has 0 spiro atoms. The van der Waals surface area contributed by atoms with Crippen LogP contribution in [0.4, 0.5) is 0 Å². The molecular formula is C18H24ClN3O3S2. The van der Waals surface area contributed by atoms with E-state index in [2.05, 4.69) is 17.0 Å². The number of nitrogens with one attached hydrogen (secondary N) is 2. The van der Waals surface area contributed by atoms with Crippen LogP contribution < -0.4 is 10.0 Å². The summed E-state index contributed by atoms with van der Waals surface area (Å²) in [5.41, 5.74) is 0.503. The smallest absolute Gasteiger partial charge is 0.254 e. The fraction of sp³-hybridized carbons (Fsp3) is 0.389. The second-order valence-corrected chi connectivity index (χ2v) is 9.21. The van der Waals surface area contributed by atoms with Gasteiger partial charge in [-0.05, 0) is 49.6 Å². The van der Waals surface area contributed by atoms with Gasteiger partial charge in [-0.15, -0.1) is 23.7 Å². The van der Waals surface area contributed by atoms with Gasteiger partial charge >= 0.3 is 0 Å². The predicted molar refractivity (Wildman–Crippen MR) is 110 cm³/mol. The number of halogens is 1. The number of thiophene rings is 1. The third-order valence-corrected chi connectivity index (χ3v) is 7.02. The Hall–Kier alpha value is -1.45. The van der Waals surface area contributed by atoms with Crippen LogP contribution in [0.2, 0.25) is 0 Å². The molecule has 1 aliphatic heterocycles. The molecule has 2 unspecified atom stereocenters. The topological polar surface area (TPSA) is 78.5 Å². The van der Waals surface area contributed by atoms with E-state index in [1.54, 1.807) is 12.1 Å². The van der Waals surface area contributed by atoms with Crippen molar-refractivity contribution in [1.82, 2.24) is 14.9 Å². The molecule has 1 saturated heterocycles. The summed E-state index contributed by atoms with van der Waals surface area (Å²) in [6.07, 6.45) is 0. The van der Waals surface area contributed by atoms with E-state index in [-0.39, 0.29) is 41.8 Å². The van der Waals surface area contributed by atoms with Crippen molar-refractivity contribution in [3.8, 4) is 0 Å². The standard InChI is InChI=1S/C18H23N3O3S2.ClH/c1-13-14(2)21(10-9-19-13)18(22)15-5-7-17(8-6-15)26(23,24)20-12-16-4-3-11-25-16;/h3-8,11,13-14,19-20H,9-10,12H2,1-2H3;1H. The zero-order valence-corrected chi connectivity index (χ0v) is 17.7. The highest BCUT2D eigenvalue weighted by atomic mass is 35.5. The lowest BCUT2D eigenvalue weighted by Crippen LogP contribution is -2.57. The maximum absolute atomic E-state index is 12.7. The zero-order valence-electron chi connectivity index (χ0n) is 15.2. The van der Waals surface area contributed by atoms with Crippen molar-refractivity contribution in [3.63, 3.8) is 0 Å². The molecule has 27 heavy (non-hydrogen) atoms. The Balaban J connectivity index is 0.00000261.